The first-order valence-electron chi connectivity index (χ1n) is 12.1. The van der Waals surface area contributed by atoms with Crippen LogP contribution in [-0.2, 0) is 15.5 Å². The molecular formula is C27H27F2N5O2. The molecule has 186 valence electrons. The van der Waals surface area contributed by atoms with Gasteiger partial charge in [0.15, 0.2) is 0 Å². The molecule has 1 aromatic heterocycles. The van der Waals surface area contributed by atoms with Crippen LogP contribution in [0.2, 0.25) is 0 Å². The predicted octanol–water partition coefficient (Wildman–Crippen LogP) is 4.05. The second-order valence-electron chi connectivity index (χ2n) is 9.32. The van der Waals surface area contributed by atoms with E-state index in [4.69, 9.17) is 0 Å². The SMILES string of the molecule is O=C(Nc1ccc(C2CCN(C(=O)C(F)(F)c3ccccc3)CC2)cc1)C1CN(c2ccnnc2)C1. The van der Waals surface area contributed by atoms with Crippen molar-refractivity contribution in [1.29, 1.82) is 0 Å². The summed E-state index contributed by atoms with van der Waals surface area (Å²) >= 11 is 0. The van der Waals surface area contributed by atoms with Crippen LogP contribution in [0.15, 0.2) is 73.1 Å². The molecule has 0 unspecified atom stereocenters. The number of benzene rings is 2. The maximum absolute atomic E-state index is 14.7. The van der Waals surface area contributed by atoms with Crippen LogP contribution < -0.4 is 10.2 Å². The Morgan fingerprint density at radius 1 is 0.917 bits per heavy atom. The molecule has 0 aliphatic carbocycles. The molecule has 2 fully saturated rings. The Morgan fingerprint density at radius 3 is 2.25 bits per heavy atom. The summed E-state index contributed by atoms with van der Waals surface area (Å²) in [6.07, 6.45) is 4.54. The molecule has 7 nitrogen and oxygen atoms in total. The van der Waals surface area contributed by atoms with Crippen molar-refractivity contribution in [2.45, 2.75) is 24.7 Å². The first kappa shape index (κ1) is 23.8. The summed E-state index contributed by atoms with van der Waals surface area (Å²) in [5.74, 6) is -4.60. The molecule has 2 saturated heterocycles. The van der Waals surface area contributed by atoms with E-state index in [1.807, 2.05) is 30.3 Å². The zero-order valence-corrected chi connectivity index (χ0v) is 19.7. The second-order valence-corrected chi connectivity index (χ2v) is 9.32. The molecule has 0 spiro atoms. The molecule has 2 aliphatic rings. The molecule has 0 saturated carbocycles. The molecule has 2 aromatic carbocycles. The standard InChI is InChI=1S/C27H27F2N5O2/c28-27(29,22-4-2-1-3-5-22)26(36)33-14-11-20(12-15-33)19-6-8-23(9-7-19)32-25(35)21-17-34(18-21)24-10-13-30-31-16-24/h1-10,13,16,20-21H,11-12,14-15,17-18H2,(H,32,35). The fourth-order valence-electron chi connectivity index (χ4n) is 4.79. The molecule has 3 heterocycles. The Labute approximate surface area is 208 Å². The van der Waals surface area contributed by atoms with E-state index in [9.17, 15) is 18.4 Å². The maximum Gasteiger partial charge on any atom is 0.349 e. The number of piperidine rings is 1. The number of hydrogen-bond donors (Lipinski definition) is 1. The van der Waals surface area contributed by atoms with Crippen molar-refractivity contribution in [3.05, 3.63) is 84.2 Å². The van der Waals surface area contributed by atoms with Gasteiger partial charge < -0.3 is 15.1 Å². The molecule has 0 radical (unpaired) electrons. The van der Waals surface area contributed by atoms with Crippen molar-refractivity contribution >= 4 is 23.2 Å². The second kappa shape index (κ2) is 10.0. The minimum absolute atomic E-state index is 0.0211. The summed E-state index contributed by atoms with van der Waals surface area (Å²) in [5.41, 5.74) is 2.48. The van der Waals surface area contributed by atoms with Gasteiger partial charge in [-0.3, -0.25) is 9.59 Å². The van der Waals surface area contributed by atoms with E-state index in [-0.39, 0.29) is 36.4 Å². The van der Waals surface area contributed by atoms with Crippen LogP contribution in [0.5, 0.6) is 0 Å². The Balaban J connectivity index is 1.11. The highest BCUT2D eigenvalue weighted by molar-refractivity contribution is 5.94. The highest BCUT2D eigenvalue weighted by Crippen LogP contribution is 2.34. The van der Waals surface area contributed by atoms with Crippen LogP contribution in [0.1, 0.15) is 29.9 Å². The summed E-state index contributed by atoms with van der Waals surface area (Å²) in [6.45, 7) is 1.84. The molecule has 36 heavy (non-hydrogen) atoms. The molecule has 1 N–H and O–H groups in total. The number of halogens is 2. The number of carbonyl (C=O) groups excluding carboxylic acids is 2. The van der Waals surface area contributed by atoms with Crippen molar-refractivity contribution < 1.29 is 18.4 Å². The van der Waals surface area contributed by atoms with Crippen molar-refractivity contribution in [2.24, 2.45) is 5.92 Å². The lowest BCUT2D eigenvalue weighted by Gasteiger charge is -2.39. The van der Waals surface area contributed by atoms with Crippen molar-refractivity contribution in [1.82, 2.24) is 15.1 Å². The van der Waals surface area contributed by atoms with Gasteiger partial charge >= 0.3 is 5.92 Å². The largest absolute Gasteiger partial charge is 0.368 e. The van der Waals surface area contributed by atoms with Crippen LogP contribution in [0, 0.1) is 5.92 Å². The summed E-state index contributed by atoms with van der Waals surface area (Å²) < 4.78 is 29.3. The topological polar surface area (TPSA) is 78.4 Å². The number of likely N-dealkylation sites (tertiary alicyclic amines) is 1. The number of alkyl halides is 2. The number of anilines is 2. The molecule has 9 heteroatoms. The fourth-order valence-corrected chi connectivity index (χ4v) is 4.79. The third kappa shape index (κ3) is 4.91. The van der Waals surface area contributed by atoms with Gasteiger partial charge in [0.1, 0.15) is 0 Å². The minimum atomic E-state index is -3.53. The van der Waals surface area contributed by atoms with Crippen molar-refractivity contribution in [3.8, 4) is 0 Å². The number of aromatic nitrogens is 2. The molecule has 2 amide bonds. The minimum Gasteiger partial charge on any atom is -0.368 e. The van der Waals surface area contributed by atoms with Crippen LogP contribution in [0.4, 0.5) is 20.2 Å². The molecular weight excluding hydrogens is 464 g/mol. The Bertz CT molecular complexity index is 1190. The van der Waals surface area contributed by atoms with Crippen LogP contribution in [0.3, 0.4) is 0 Å². The summed E-state index contributed by atoms with van der Waals surface area (Å²) in [5, 5.41) is 10.6. The van der Waals surface area contributed by atoms with E-state index < -0.39 is 11.8 Å². The number of amides is 2. The van der Waals surface area contributed by atoms with Gasteiger partial charge in [-0.2, -0.15) is 19.0 Å². The molecule has 0 atom stereocenters. The third-order valence-electron chi connectivity index (χ3n) is 7.02. The Morgan fingerprint density at radius 2 is 1.61 bits per heavy atom. The summed E-state index contributed by atoms with van der Waals surface area (Å²) in [7, 11) is 0. The average molecular weight is 492 g/mol. The molecule has 0 bridgehead atoms. The van der Waals surface area contributed by atoms with E-state index in [0.717, 1.165) is 16.9 Å². The van der Waals surface area contributed by atoms with Crippen LogP contribution in [-0.4, -0.2) is 53.1 Å². The van der Waals surface area contributed by atoms with Gasteiger partial charge in [0, 0.05) is 37.4 Å². The smallest absolute Gasteiger partial charge is 0.349 e. The van der Waals surface area contributed by atoms with Crippen LogP contribution in [0.25, 0.3) is 0 Å². The number of carbonyl (C=O) groups is 2. The van der Waals surface area contributed by atoms with Crippen LogP contribution >= 0.6 is 0 Å². The van der Waals surface area contributed by atoms with Gasteiger partial charge in [-0.1, -0.05) is 42.5 Å². The van der Waals surface area contributed by atoms with Gasteiger partial charge in [0.05, 0.1) is 24.0 Å². The predicted molar refractivity (Wildman–Crippen MR) is 132 cm³/mol. The Hall–Kier alpha value is -3.88. The van der Waals surface area contributed by atoms with Gasteiger partial charge in [-0.15, -0.1) is 0 Å². The van der Waals surface area contributed by atoms with E-state index in [2.05, 4.69) is 20.4 Å². The zero-order chi connectivity index (χ0) is 25.1. The van der Waals surface area contributed by atoms with E-state index in [1.54, 1.807) is 18.5 Å². The molecule has 3 aromatic rings. The number of nitrogens with zero attached hydrogens (tertiary/aromatic N) is 4. The zero-order valence-electron chi connectivity index (χ0n) is 19.7. The lowest BCUT2D eigenvalue weighted by atomic mass is 9.89. The number of nitrogens with one attached hydrogen (secondary N) is 1. The average Bonchev–Trinajstić information content (AvgIpc) is 2.89. The van der Waals surface area contributed by atoms with E-state index in [1.165, 1.54) is 29.2 Å². The lowest BCUT2D eigenvalue weighted by Crippen LogP contribution is -2.52. The quantitative estimate of drug-likeness (QED) is 0.563. The summed E-state index contributed by atoms with van der Waals surface area (Å²) in [4.78, 5) is 28.4. The highest BCUT2D eigenvalue weighted by atomic mass is 19.3. The fraction of sp³-hybridized carbons (Fsp3) is 0.333. The molecule has 2 aliphatic heterocycles. The van der Waals surface area contributed by atoms with Gasteiger partial charge in [-0.25, -0.2) is 0 Å². The Kier molecular flexibility index (Phi) is 6.63. The third-order valence-corrected chi connectivity index (χ3v) is 7.02. The van der Waals surface area contributed by atoms with Gasteiger partial charge in [0.25, 0.3) is 5.91 Å². The molecule has 5 rings (SSSR count). The number of rotatable bonds is 6. The normalized spacial score (nSPS) is 16.9. The van der Waals surface area contributed by atoms with Gasteiger partial charge in [0.2, 0.25) is 5.91 Å². The van der Waals surface area contributed by atoms with Crippen molar-refractivity contribution in [2.75, 3.05) is 36.4 Å². The van der Waals surface area contributed by atoms with E-state index >= 15 is 0 Å². The van der Waals surface area contributed by atoms with Crippen molar-refractivity contribution in [3.63, 3.8) is 0 Å². The highest BCUT2D eigenvalue weighted by Gasteiger charge is 2.44. The lowest BCUT2D eigenvalue weighted by molar-refractivity contribution is -0.160. The number of hydrogen-bond acceptors (Lipinski definition) is 5. The van der Waals surface area contributed by atoms with E-state index in [0.29, 0.717) is 25.9 Å². The monoisotopic (exact) mass is 491 g/mol. The summed E-state index contributed by atoms with van der Waals surface area (Å²) in [6, 6.07) is 16.8. The first-order valence-corrected chi connectivity index (χ1v) is 12.1. The maximum atomic E-state index is 14.7. The first-order chi connectivity index (χ1) is 17.4. The van der Waals surface area contributed by atoms with Gasteiger partial charge in [-0.05, 0) is 42.5 Å².